The van der Waals surface area contributed by atoms with E-state index in [0.29, 0.717) is 5.95 Å². The highest BCUT2D eigenvalue weighted by Crippen LogP contribution is 2.23. The largest absolute Gasteiger partial charge is 0.363 e. The molecule has 0 radical (unpaired) electrons. The number of aryl methyl sites for hydroxylation is 1. The molecule has 0 spiro atoms. The molecule has 0 aliphatic rings. The number of benzene rings is 2. The van der Waals surface area contributed by atoms with Crippen molar-refractivity contribution in [3.05, 3.63) is 78.0 Å². The molecule has 4 heteroatoms. The highest BCUT2D eigenvalue weighted by molar-refractivity contribution is 5.58. The predicted octanol–water partition coefficient (Wildman–Crippen LogP) is 4.73. The number of nitrogens with zero attached hydrogens (tertiary/aromatic N) is 3. The van der Waals surface area contributed by atoms with Gasteiger partial charge in [-0.3, -0.25) is 0 Å². The summed E-state index contributed by atoms with van der Waals surface area (Å²) in [5.74, 6) is 1.51. The predicted molar refractivity (Wildman–Crippen MR) is 99.8 cm³/mol. The van der Waals surface area contributed by atoms with E-state index in [1.54, 1.807) is 0 Å². The Morgan fingerprint density at radius 2 is 1.54 bits per heavy atom. The van der Waals surface area contributed by atoms with Crippen molar-refractivity contribution in [2.45, 2.75) is 19.9 Å². The van der Waals surface area contributed by atoms with Crippen molar-refractivity contribution in [3.8, 4) is 0 Å². The first-order valence-corrected chi connectivity index (χ1v) is 8.09. The van der Waals surface area contributed by atoms with Crippen molar-refractivity contribution in [2.24, 2.45) is 0 Å². The maximum absolute atomic E-state index is 4.68. The Hall–Kier alpha value is -2.88. The molecular weight excluding hydrogens is 296 g/mol. The SMILES string of the molecule is Cc1cc(NC(C)c2ccccc2)nc(N(C)c2ccccc2)n1. The van der Waals surface area contributed by atoms with Gasteiger partial charge in [0.25, 0.3) is 0 Å². The number of nitrogens with one attached hydrogen (secondary N) is 1. The lowest BCUT2D eigenvalue weighted by molar-refractivity contribution is 0.867. The molecule has 0 bridgehead atoms. The average Bonchev–Trinajstić information content (AvgIpc) is 2.62. The molecule has 2 aromatic carbocycles. The van der Waals surface area contributed by atoms with Crippen LogP contribution in [-0.4, -0.2) is 17.0 Å². The normalized spacial score (nSPS) is 11.8. The molecule has 1 N–H and O–H groups in total. The quantitative estimate of drug-likeness (QED) is 0.738. The van der Waals surface area contributed by atoms with Gasteiger partial charge < -0.3 is 10.2 Å². The third-order valence-electron chi connectivity index (χ3n) is 3.95. The summed E-state index contributed by atoms with van der Waals surface area (Å²) >= 11 is 0. The van der Waals surface area contributed by atoms with Gasteiger partial charge in [-0.25, -0.2) is 4.98 Å². The molecule has 0 saturated heterocycles. The molecule has 0 amide bonds. The molecule has 24 heavy (non-hydrogen) atoms. The van der Waals surface area contributed by atoms with E-state index in [1.807, 2.05) is 73.5 Å². The van der Waals surface area contributed by atoms with Gasteiger partial charge in [0, 0.05) is 30.5 Å². The van der Waals surface area contributed by atoms with Crippen LogP contribution < -0.4 is 10.2 Å². The first-order valence-electron chi connectivity index (χ1n) is 8.09. The summed E-state index contributed by atoms with van der Waals surface area (Å²) in [6.07, 6.45) is 0. The topological polar surface area (TPSA) is 41.1 Å². The van der Waals surface area contributed by atoms with Crippen LogP contribution in [0.25, 0.3) is 0 Å². The van der Waals surface area contributed by atoms with E-state index in [9.17, 15) is 0 Å². The zero-order chi connectivity index (χ0) is 16.9. The molecule has 1 aromatic heterocycles. The van der Waals surface area contributed by atoms with Gasteiger partial charge in [-0.2, -0.15) is 4.98 Å². The third-order valence-corrected chi connectivity index (χ3v) is 3.95. The summed E-state index contributed by atoms with van der Waals surface area (Å²) in [6, 6.07) is 22.6. The lowest BCUT2D eigenvalue weighted by atomic mass is 10.1. The third kappa shape index (κ3) is 3.71. The minimum Gasteiger partial charge on any atom is -0.363 e. The lowest BCUT2D eigenvalue weighted by Gasteiger charge is -2.20. The second kappa shape index (κ2) is 7.13. The smallest absolute Gasteiger partial charge is 0.231 e. The summed E-state index contributed by atoms with van der Waals surface area (Å²) in [4.78, 5) is 11.2. The van der Waals surface area contributed by atoms with Gasteiger partial charge in [0.1, 0.15) is 5.82 Å². The van der Waals surface area contributed by atoms with Crippen molar-refractivity contribution < 1.29 is 0 Å². The average molecular weight is 318 g/mol. The fourth-order valence-electron chi connectivity index (χ4n) is 2.59. The Kier molecular flexibility index (Phi) is 4.75. The molecule has 3 aromatic rings. The molecule has 0 fully saturated rings. The first kappa shape index (κ1) is 16.0. The van der Waals surface area contributed by atoms with Crippen LogP contribution in [0.1, 0.15) is 24.2 Å². The summed E-state index contributed by atoms with van der Waals surface area (Å²) in [5.41, 5.74) is 3.22. The van der Waals surface area contributed by atoms with E-state index >= 15 is 0 Å². The van der Waals surface area contributed by atoms with Gasteiger partial charge in [-0.05, 0) is 31.5 Å². The summed E-state index contributed by atoms with van der Waals surface area (Å²) in [7, 11) is 1.98. The molecule has 0 aliphatic carbocycles. The van der Waals surface area contributed by atoms with Crippen molar-refractivity contribution in [2.75, 3.05) is 17.3 Å². The number of aromatic nitrogens is 2. The Morgan fingerprint density at radius 3 is 2.21 bits per heavy atom. The minimum atomic E-state index is 0.176. The fourth-order valence-corrected chi connectivity index (χ4v) is 2.59. The Labute approximate surface area is 143 Å². The monoisotopic (exact) mass is 318 g/mol. The van der Waals surface area contributed by atoms with E-state index in [-0.39, 0.29) is 6.04 Å². The van der Waals surface area contributed by atoms with Gasteiger partial charge in [0.15, 0.2) is 0 Å². The van der Waals surface area contributed by atoms with Crippen LogP contribution in [0.3, 0.4) is 0 Å². The number of para-hydroxylation sites is 1. The Morgan fingerprint density at radius 1 is 0.917 bits per heavy atom. The van der Waals surface area contributed by atoms with Crippen molar-refractivity contribution in [1.29, 1.82) is 0 Å². The van der Waals surface area contributed by atoms with E-state index in [1.165, 1.54) is 5.56 Å². The Balaban J connectivity index is 1.84. The number of hydrogen-bond acceptors (Lipinski definition) is 4. The lowest BCUT2D eigenvalue weighted by Crippen LogP contribution is -2.15. The molecule has 1 atom stereocenters. The molecule has 3 rings (SSSR count). The van der Waals surface area contributed by atoms with E-state index in [0.717, 1.165) is 17.2 Å². The van der Waals surface area contributed by atoms with Gasteiger partial charge in [0.2, 0.25) is 5.95 Å². The van der Waals surface area contributed by atoms with Crippen LogP contribution in [-0.2, 0) is 0 Å². The van der Waals surface area contributed by atoms with Crippen molar-refractivity contribution >= 4 is 17.5 Å². The number of rotatable bonds is 5. The molecule has 0 aliphatic heterocycles. The number of anilines is 3. The van der Waals surface area contributed by atoms with Crippen LogP contribution >= 0.6 is 0 Å². The highest BCUT2D eigenvalue weighted by atomic mass is 15.3. The zero-order valence-electron chi connectivity index (χ0n) is 14.3. The van der Waals surface area contributed by atoms with E-state index in [4.69, 9.17) is 0 Å². The van der Waals surface area contributed by atoms with Crippen LogP contribution in [0.15, 0.2) is 66.7 Å². The van der Waals surface area contributed by atoms with Gasteiger partial charge >= 0.3 is 0 Å². The van der Waals surface area contributed by atoms with Crippen molar-refractivity contribution in [1.82, 2.24) is 9.97 Å². The van der Waals surface area contributed by atoms with Crippen LogP contribution in [0.5, 0.6) is 0 Å². The van der Waals surface area contributed by atoms with Crippen LogP contribution in [0.2, 0.25) is 0 Å². The summed E-state index contributed by atoms with van der Waals surface area (Å²) < 4.78 is 0. The summed E-state index contributed by atoms with van der Waals surface area (Å²) in [6.45, 7) is 4.12. The first-order chi connectivity index (χ1) is 11.6. The fraction of sp³-hybridized carbons (Fsp3) is 0.200. The second-order valence-electron chi connectivity index (χ2n) is 5.87. The van der Waals surface area contributed by atoms with Crippen molar-refractivity contribution in [3.63, 3.8) is 0 Å². The molecule has 1 unspecified atom stereocenters. The van der Waals surface area contributed by atoms with E-state index in [2.05, 4.69) is 34.3 Å². The maximum atomic E-state index is 4.68. The molecule has 0 saturated carbocycles. The highest BCUT2D eigenvalue weighted by Gasteiger charge is 2.11. The van der Waals surface area contributed by atoms with E-state index < -0.39 is 0 Å². The van der Waals surface area contributed by atoms with Gasteiger partial charge in [-0.1, -0.05) is 48.5 Å². The summed E-state index contributed by atoms with van der Waals surface area (Å²) in [5, 5.41) is 3.47. The number of hydrogen-bond donors (Lipinski definition) is 1. The van der Waals surface area contributed by atoms with Gasteiger partial charge in [0.05, 0.1) is 0 Å². The van der Waals surface area contributed by atoms with Crippen LogP contribution in [0.4, 0.5) is 17.5 Å². The van der Waals surface area contributed by atoms with Crippen LogP contribution in [0, 0.1) is 6.92 Å². The second-order valence-corrected chi connectivity index (χ2v) is 5.87. The standard InChI is InChI=1S/C20H22N4/c1-15-14-19(22-16(2)17-10-6-4-7-11-17)23-20(21-15)24(3)18-12-8-5-9-13-18/h4-14,16H,1-3H3,(H,21,22,23). The molecule has 4 nitrogen and oxygen atoms in total. The minimum absolute atomic E-state index is 0.176. The maximum Gasteiger partial charge on any atom is 0.231 e. The van der Waals surface area contributed by atoms with Gasteiger partial charge in [-0.15, -0.1) is 0 Å². The Bertz CT molecular complexity index is 787. The molecule has 1 heterocycles. The molecule has 122 valence electrons. The zero-order valence-corrected chi connectivity index (χ0v) is 14.3. The molecular formula is C20H22N4.